The summed E-state index contributed by atoms with van der Waals surface area (Å²) in [6.45, 7) is 1.97. The van der Waals surface area contributed by atoms with Crippen molar-refractivity contribution in [1.82, 2.24) is 9.36 Å². The molecule has 23 heavy (non-hydrogen) atoms. The molecule has 3 aromatic rings. The summed E-state index contributed by atoms with van der Waals surface area (Å²) in [5, 5.41) is 0. The highest BCUT2D eigenvalue weighted by atomic mass is 32.3. The molecule has 3 rings (SSSR count). The van der Waals surface area contributed by atoms with Crippen molar-refractivity contribution in [1.29, 1.82) is 0 Å². The summed E-state index contributed by atoms with van der Waals surface area (Å²) in [6, 6.07) is 10.8. The van der Waals surface area contributed by atoms with E-state index in [1.165, 1.54) is 6.07 Å². The second-order valence-corrected chi connectivity index (χ2v) is 8.82. The first-order valence-electron chi connectivity index (χ1n) is 6.74. The highest BCUT2D eigenvalue weighted by molar-refractivity contribution is 8.29. The third-order valence-electron chi connectivity index (χ3n) is 3.40. The van der Waals surface area contributed by atoms with Crippen LogP contribution in [-0.4, -0.2) is 20.2 Å². The molecule has 0 saturated carbocycles. The zero-order chi connectivity index (χ0) is 16.6. The van der Waals surface area contributed by atoms with Gasteiger partial charge in [0.15, 0.2) is 10.2 Å². The molecular weight excluding hydrogens is 338 g/mol. The monoisotopic (exact) mass is 352 g/mol. The van der Waals surface area contributed by atoms with E-state index >= 15 is 0 Å². The number of hydrogen-bond acceptors (Lipinski definition) is 4. The van der Waals surface area contributed by atoms with E-state index in [-0.39, 0.29) is 11.4 Å². The largest absolute Gasteiger partial charge is 0.341 e. The summed E-state index contributed by atoms with van der Waals surface area (Å²) in [6.07, 6.45) is 1.70. The van der Waals surface area contributed by atoms with Crippen molar-refractivity contribution in [3.05, 3.63) is 59.7 Å². The van der Waals surface area contributed by atoms with Gasteiger partial charge in [-0.1, -0.05) is 28.0 Å². The lowest BCUT2D eigenvalue weighted by atomic mass is 10.2. The average molecular weight is 352 g/mol. The Morgan fingerprint density at radius 2 is 1.78 bits per heavy atom. The Morgan fingerprint density at radius 3 is 2.43 bits per heavy atom. The van der Waals surface area contributed by atoms with Crippen molar-refractivity contribution in [2.45, 2.75) is 16.2 Å². The van der Waals surface area contributed by atoms with Crippen LogP contribution in [0.3, 0.4) is 0 Å². The zero-order valence-corrected chi connectivity index (χ0v) is 14.1. The summed E-state index contributed by atoms with van der Waals surface area (Å²) in [5.74, 6) is -1.22. The van der Waals surface area contributed by atoms with E-state index in [4.69, 9.17) is 0 Å². The van der Waals surface area contributed by atoms with Gasteiger partial charge in [0.25, 0.3) is 0 Å². The molecule has 2 aromatic carbocycles. The molecule has 1 unspecified atom stereocenters. The second-order valence-electron chi connectivity index (χ2n) is 5.20. The number of halogens is 2. The van der Waals surface area contributed by atoms with Crippen LogP contribution < -0.4 is 0 Å². The topological polar surface area (TPSA) is 46.0 Å². The van der Waals surface area contributed by atoms with E-state index in [2.05, 4.69) is 9.36 Å². The first kappa shape index (κ1) is 16.0. The van der Waals surface area contributed by atoms with Gasteiger partial charge >= 0.3 is 0 Å². The Morgan fingerprint density at radius 1 is 1.09 bits per heavy atom. The highest BCUT2D eigenvalue weighted by Crippen LogP contribution is 2.56. The first-order valence-corrected chi connectivity index (χ1v) is 9.52. The molecule has 0 aliphatic rings. The number of rotatable bonds is 3. The molecular formula is C16H14F2N2OS2. The van der Waals surface area contributed by atoms with Crippen molar-refractivity contribution in [2.24, 2.45) is 0 Å². The van der Waals surface area contributed by atoms with Crippen LogP contribution in [0.5, 0.6) is 0 Å². The molecule has 0 bridgehead atoms. The van der Waals surface area contributed by atoms with E-state index in [0.29, 0.717) is 4.34 Å². The summed E-state index contributed by atoms with van der Waals surface area (Å²) in [5.41, 5.74) is 1.21. The molecule has 1 N–H and O–H groups in total. The molecule has 0 radical (unpaired) electrons. The van der Waals surface area contributed by atoms with Crippen molar-refractivity contribution < 1.29 is 13.3 Å². The predicted molar refractivity (Wildman–Crippen MR) is 89.1 cm³/mol. The maximum absolute atomic E-state index is 13.8. The lowest BCUT2D eigenvalue weighted by molar-refractivity contribution is 0.585. The number of aryl methyl sites for hydroxylation is 1. The van der Waals surface area contributed by atoms with Gasteiger partial charge in [0, 0.05) is 11.0 Å². The second kappa shape index (κ2) is 5.99. The third kappa shape index (κ3) is 3.12. The molecule has 0 spiro atoms. The predicted octanol–water partition coefficient (Wildman–Crippen LogP) is 5.12. The van der Waals surface area contributed by atoms with Crippen LogP contribution in [0.2, 0.25) is 0 Å². The minimum absolute atomic E-state index is 0.119. The summed E-state index contributed by atoms with van der Waals surface area (Å²) < 4.78 is 42.2. The van der Waals surface area contributed by atoms with Gasteiger partial charge in [-0.3, -0.25) is 0 Å². The van der Waals surface area contributed by atoms with Crippen LogP contribution in [0.25, 0.3) is 11.4 Å². The lowest BCUT2D eigenvalue weighted by Gasteiger charge is -2.26. The number of hydrogen-bond donors (Lipinski definition) is 1. The van der Waals surface area contributed by atoms with Crippen LogP contribution >= 0.6 is 21.8 Å². The van der Waals surface area contributed by atoms with E-state index in [0.717, 1.165) is 34.1 Å². The minimum atomic E-state index is -2.32. The third-order valence-corrected chi connectivity index (χ3v) is 7.07. The Bertz CT molecular complexity index is 848. The molecule has 7 heteroatoms. The first-order chi connectivity index (χ1) is 10.9. The van der Waals surface area contributed by atoms with Crippen LogP contribution in [0.15, 0.2) is 51.7 Å². The molecule has 1 aromatic heterocycles. The standard InChI is InChI=1S/C16H14F2N2OS2/c1-10-3-6-12(7-4-10)23(2,21)16-19-15(20-22-16)13-8-5-11(17)9-14(13)18/h3-9,21H,1-2H3. The molecule has 1 heterocycles. The Labute approximate surface area is 138 Å². The highest BCUT2D eigenvalue weighted by Gasteiger charge is 2.25. The smallest absolute Gasteiger partial charge is 0.179 e. The molecule has 0 amide bonds. The van der Waals surface area contributed by atoms with Gasteiger partial charge in [0.1, 0.15) is 11.6 Å². The van der Waals surface area contributed by atoms with Gasteiger partial charge in [0.05, 0.1) is 5.56 Å². The Balaban J connectivity index is 1.99. The zero-order valence-electron chi connectivity index (χ0n) is 12.5. The Hall–Kier alpha value is -1.83. The summed E-state index contributed by atoms with van der Waals surface area (Å²) >= 11 is 1.03. The van der Waals surface area contributed by atoms with E-state index in [9.17, 15) is 13.3 Å². The quantitative estimate of drug-likeness (QED) is 0.712. The van der Waals surface area contributed by atoms with Crippen LogP contribution in [-0.2, 0) is 0 Å². The van der Waals surface area contributed by atoms with Crippen LogP contribution in [0.4, 0.5) is 8.78 Å². The fourth-order valence-electron chi connectivity index (χ4n) is 2.06. The van der Waals surface area contributed by atoms with E-state index in [1.807, 2.05) is 31.2 Å². The van der Waals surface area contributed by atoms with Crippen molar-refractivity contribution in [3.8, 4) is 11.4 Å². The molecule has 120 valence electrons. The van der Waals surface area contributed by atoms with Gasteiger partial charge in [-0.25, -0.2) is 13.8 Å². The number of nitrogens with zero attached hydrogens (tertiary/aromatic N) is 2. The van der Waals surface area contributed by atoms with Crippen LogP contribution in [0, 0.1) is 18.6 Å². The molecule has 1 atom stereocenters. The van der Waals surface area contributed by atoms with Crippen molar-refractivity contribution in [3.63, 3.8) is 0 Å². The molecule has 3 nitrogen and oxygen atoms in total. The molecule has 0 aliphatic carbocycles. The molecule has 0 saturated heterocycles. The molecule has 0 fully saturated rings. The normalized spacial score (nSPS) is 15.2. The fraction of sp³-hybridized carbons (Fsp3) is 0.125. The maximum Gasteiger partial charge on any atom is 0.179 e. The van der Waals surface area contributed by atoms with E-state index < -0.39 is 21.9 Å². The van der Waals surface area contributed by atoms with Gasteiger partial charge < -0.3 is 4.55 Å². The van der Waals surface area contributed by atoms with Gasteiger partial charge in [-0.15, -0.1) is 0 Å². The van der Waals surface area contributed by atoms with Gasteiger partial charge in [-0.2, -0.15) is 4.37 Å². The summed E-state index contributed by atoms with van der Waals surface area (Å²) in [7, 11) is -2.32. The Kier molecular flexibility index (Phi) is 4.18. The number of benzene rings is 2. The average Bonchev–Trinajstić information content (AvgIpc) is 2.98. The summed E-state index contributed by atoms with van der Waals surface area (Å²) in [4.78, 5) is 5.03. The maximum atomic E-state index is 13.8. The van der Waals surface area contributed by atoms with Gasteiger partial charge in [-0.05, 0) is 49.0 Å². The fourth-order valence-corrected chi connectivity index (χ4v) is 4.60. The number of aromatic nitrogens is 2. The van der Waals surface area contributed by atoms with Crippen molar-refractivity contribution >= 4 is 21.8 Å². The minimum Gasteiger partial charge on any atom is -0.341 e. The van der Waals surface area contributed by atoms with Crippen molar-refractivity contribution in [2.75, 3.05) is 6.26 Å². The van der Waals surface area contributed by atoms with E-state index in [1.54, 1.807) is 6.26 Å². The van der Waals surface area contributed by atoms with Crippen LogP contribution in [0.1, 0.15) is 5.56 Å². The van der Waals surface area contributed by atoms with Gasteiger partial charge in [0.2, 0.25) is 0 Å². The molecule has 0 aliphatic heterocycles. The lowest BCUT2D eigenvalue weighted by Crippen LogP contribution is -1.98. The SMILES string of the molecule is Cc1ccc(S(C)(O)c2nc(-c3ccc(F)cc3F)ns2)cc1.